The van der Waals surface area contributed by atoms with Gasteiger partial charge in [0.2, 0.25) is 0 Å². The quantitative estimate of drug-likeness (QED) is 0.334. The van der Waals surface area contributed by atoms with Crippen LogP contribution in [0.3, 0.4) is 0 Å². The van der Waals surface area contributed by atoms with Gasteiger partial charge >= 0.3 is 0 Å². The number of thioether (sulfide) groups is 1. The maximum Gasteiger partial charge on any atom is 0.270 e. The van der Waals surface area contributed by atoms with Crippen LogP contribution in [0.25, 0.3) is 6.08 Å². The highest BCUT2D eigenvalue weighted by Gasteiger charge is 2.33. The summed E-state index contributed by atoms with van der Waals surface area (Å²) in [5.41, 5.74) is 6.17. The fourth-order valence-corrected chi connectivity index (χ4v) is 3.68. The third kappa shape index (κ3) is 4.35. The molecular formula is C18H13N3O5S2. The van der Waals surface area contributed by atoms with E-state index in [-0.39, 0.29) is 18.2 Å². The summed E-state index contributed by atoms with van der Waals surface area (Å²) in [6.07, 6.45) is 1.68. The Labute approximate surface area is 169 Å². The predicted octanol–water partition coefficient (Wildman–Crippen LogP) is 2.86. The lowest BCUT2D eigenvalue weighted by molar-refractivity contribution is -0.384. The van der Waals surface area contributed by atoms with E-state index in [1.54, 1.807) is 30.3 Å². The molecule has 1 aliphatic heterocycles. The maximum absolute atomic E-state index is 12.7. The summed E-state index contributed by atoms with van der Waals surface area (Å²) < 4.78 is 5.53. The van der Waals surface area contributed by atoms with E-state index < -0.39 is 10.8 Å². The van der Waals surface area contributed by atoms with E-state index in [4.69, 9.17) is 22.7 Å². The lowest BCUT2D eigenvalue weighted by Crippen LogP contribution is -2.27. The molecule has 2 aromatic carbocycles. The van der Waals surface area contributed by atoms with Crippen LogP contribution >= 0.6 is 24.0 Å². The molecule has 0 bridgehead atoms. The molecule has 1 saturated heterocycles. The average Bonchev–Trinajstić information content (AvgIpc) is 2.94. The molecule has 142 valence electrons. The molecular weight excluding hydrogens is 402 g/mol. The van der Waals surface area contributed by atoms with E-state index in [1.807, 2.05) is 0 Å². The Bertz CT molecular complexity index is 987. The fourth-order valence-electron chi connectivity index (χ4n) is 2.38. The standard InChI is InChI=1S/C18H13N3O5S2/c19-16(22)10-26-14-7-1-11(2-8-14)9-15-17(23)20(18(27)28-15)12-3-5-13(6-4-12)21(24)25/h1-9H,10H2,(H2,19,22)/b15-9+. The van der Waals surface area contributed by atoms with Crippen LogP contribution in [-0.2, 0) is 9.59 Å². The molecule has 0 aromatic heterocycles. The molecule has 10 heteroatoms. The molecule has 1 fully saturated rings. The second-order valence-electron chi connectivity index (χ2n) is 5.61. The number of amides is 2. The molecule has 2 aromatic rings. The van der Waals surface area contributed by atoms with Crippen molar-refractivity contribution in [1.82, 2.24) is 0 Å². The van der Waals surface area contributed by atoms with E-state index in [1.165, 1.54) is 29.2 Å². The Balaban J connectivity index is 1.77. The van der Waals surface area contributed by atoms with Gasteiger partial charge in [-0.1, -0.05) is 36.1 Å². The third-order valence-electron chi connectivity index (χ3n) is 3.67. The van der Waals surface area contributed by atoms with Crippen molar-refractivity contribution in [2.75, 3.05) is 11.5 Å². The minimum atomic E-state index is -0.570. The Hall–Kier alpha value is -3.24. The number of non-ortho nitro benzene ring substituents is 1. The van der Waals surface area contributed by atoms with Gasteiger partial charge in [0.05, 0.1) is 15.5 Å². The maximum atomic E-state index is 12.7. The number of hydrogen-bond acceptors (Lipinski definition) is 7. The summed E-state index contributed by atoms with van der Waals surface area (Å²) in [5, 5.41) is 10.8. The van der Waals surface area contributed by atoms with E-state index in [0.717, 1.165) is 17.3 Å². The Morgan fingerprint density at radius 1 is 1.21 bits per heavy atom. The first-order valence-electron chi connectivity index (χ1n) is 7.89. The van der Waals surface area contributed by atoms with E-state index in [9.17, 15) is 19.7 Å². The number of carbonyl (C=O) groups excluding carboxylic acids is 2. The molecule has 28 heavy (non-hydrogen) atoms. The second kappa shape index (κ2) is 8.19. The van der Waals surface area contributed by atoms with Crippen LogP contribution in [0.15, 0.2) is 53.4 Å². The number of ether oxygens (including phenoxy) is 1. The van der Waals surface area contributed by atoms with Gasteiger partial charge in [0.1, 0.15) is 5.75 Å². The van der Waals surface area contributed by atoms with Gasteiger partial charge in [-0.05, 0) is 35.9 Å². The van der Waals surface area contributed by atoms with Crippen LogP contribution < -0.4 is 15.4 Å². The second-order valence-corrected chi connectivity index (χ2v) is 7.29. The number of nitro groups is 1. The third-order valence-corrected chi connectivity index (χ3v) is 4.97. The molecule has 8 nitrogen and oxygen atoms in total. The van der Waals surface area contributed by atoms with Gasteiger partial charge < -0.3 is 10.5 Å². The number of primary amides is 1. The van der Waals surface area contributed by atoms with Gasteiger partial charge in [-0.2, -0.15) is 0 Å². The first-order chi connectivity index (χ1) is 13.3. The highest BCUT2D eigenvalue weighted by Crippen LogP contribution is 2.36. The molecule has 0 saturated carbocycles. The van der Waals surface area contributed by atoms with Crippen molar-refractivity contribution in [3.8, 4) is 5.75 Å². The summed E-state index contributed by atoms with van der Waals surface area (Å²) in [6, 6.07) is 12.4. The molecule has 0 aliphatic carbocycles. The van der Waals surface area contributed by atoms with Gasteiger partial charge in [0.25, 0.3) is 17.5 Å². The van der Waals surface area contributed by atoms with Crippen molar-refractivity contribution < 1.29 is 19.2 Å². The van der Waals surface area contributed by atoms with Crippen LogP contribution in [0.1, 0.15) is 5.56 Å². The van der Waals surface area contributed by atoms with Crippen LogP contribution in [0.5, 0.6) is 5.75 Å². The summed E-state index contributed by atoms with van der Waals surface area (Å²) in [7, 11) is 0. The summed E-state index contributed by atoms with van der Waals surface area (Å²) in [4.78, 5) is 35.5. The number of nitrogens with two attached hydrogens (primary N) is 1. The number of hydrogen-bond donors (Lipinski definition) is 1. The first kappa shape index (κ1) is 19.5. The van der Waals surface area contributed by atoms with E-state index in [2.05, 4.69) is 0 Å². The SMILES string of the molecule is NC(=O)COc1ccc(/C=C2/SC(=S)N(c3ccc([N+](=O)[O-])cc3)C2=O)cc1. The number of nitro benzene ring substituents is 1. The lowest BCUT2D eigenvalue weighted by Gasteiger charge is -2.13. The van der Waals surface area contributed by atoms with Crippen molar-refractivity contribution >= 4 is 57.6 Å². The number of carbonyl (C=O) groups is 2. The lowest BCUT2D eigenvalue weighted by atomic mass is 10.2. The van der Waals surface area contributed by atoms with E-state index in [0.29, 0.717) is 20.7 Å². The van der Waals surface area contributed by atoms with Gasteiger partial charge in [0.15, 0.2) is 10.9 Å². The molecule has 1 aliphatic rings. The molecule has 1 heterocycles. The van der Waals surface area contributed by atoms with Crippen molar-refractivity contribution in [2.45, 2.75) is 0 Å². The minimum absolute atomic E-state index is 0.0663. The zero-order valence-electron chi connectivity index (χ0n) is 14.2. The highest BCUT2D eigenvalue weighted by molar-refractivity contribution is 8.27. The number of thiocarbonyl (C=S) groups is 1. The Morgan fingerprint density at radius 2 is 1.86 bits per heavy atom. The van der Waals surface area contributed by atoms with Crippen LogP contribution in [0, 0.1) is 10.1 Å². The minimum Gasteiger partial charge on any atom is -0.484 e. The van der Waals surface area contributed by atoms with Crippen molar-refractivity contribution in [3.05, 3.63) is 69.1 Å². The smallest absolute Gasteiger partial charge is 0.270 e. The van der Waals surface area contributed by atoms with Gasteiger partial charge in [-0.15, -0.1) is 0 Å². The van der Waals surface area contributed by atoms with Gasteiger partial charge in [0, 0.05) is 12.1 Å². The molecule has 2 N–H and O–H groups in total. The van der Waals surface area contributed by atoms with Crippen molar-refractivity contribution in [2.24, 2.45) is 5.73 Å². The van der Waals surface area contributed by atoms with Crippen molar-refractivity contribution in [1.29, 1.82) is 0 Å². The monoisotopic (exact) mass is 415 g/mol. The zero-order valence-corrected chi connectivity index (χ0v) is 15.9. The molecule has 0 spiro atoms. The van der Waals surface area contributed by atoms with Crippen LogP contribution in [-0.4, -0.2) is 27.7 Å². The average molecular weight is 415 g/mol. The van der Waals surface area contributed by atoms with Gasteiger partial charge in [-0.25, -0.2) is 0 Å². The van der Waals surface area contributed by atoms with E-state index >= 15 is 0 Å². The molecule has 3 rings (SSSR count). The largest absolute Gasteiger partial charge is 0.484 e. The predicted molar refractivity (Wildman–Crippen MR) is 110 cm³/mol. The summed E-state index contributed by atoms with van der Waals surface area (Å²) in [5.74, 6) is -0.397. The zero-order chi connectivity index (χ0) is 20.3. The number of anilines is 1. The van der Waals surface area contributed by atoms with Gasteiger partial charge in [-0.3, -0.25) is 24.6 Å². The fraction of sp³-hybridized carbons (Fsp3) is 0.0556. The van der Waals surface area contributed by atoms with Crippen LogP contribution in [0.4, 0.5) is 11.4 Å². The molecule has 0 atom stereocenters. The summed E-state index contributed by atoms with van der Waals surface area (Å²) in [6.45, 7) is -0.215. The Kier molecular flexibility index (Phi) is 5.71. The Morgan fingerprint density at radius 3 is 2.43 bits per heavy atom. The topological polar surface area (TPSA) is 116 Å². The van der Waals surface area contributed by atoms with Crippen molar-refractivity contribution in [3.63, 3.8) is 0 Å². The summed E-state index contributed by atoms with van der Waals surface area (Å²) >= 11 is 6.43. The first-order valence-corrected chi connectivity index (χ1v) is 9.11. The normalized spacial score (nSPS) is 15.1. The van der Waals surface area contributed by atoms with Crippen LogP contribution in [0.2, 0.25) is 0 Å². The molecule has 0 radical (unpaired) electrons. The molecule has 2 amide bonds. The highest BCUT2D eigenvalue weighted by atomic mass is 32.2. The number of rotatable bonds is 6. The number of benzene rings is 2. The molecule has 0 unspecified atom stereocenters. The number of nitrogens with zero attached hydrogens (tertiary/aromatic N) is 2.